The van der Waals surface area contributed by atoms with Crippen LogP contribution in [-0.2, 0) is 11.3 Å². The highest BCUT2D eigenvalue weighted by molar-refractivity contribution is 7.11. The smallest absolute Gasteiger partial charge is 0.191 e. The third kappa shape index (κ3) is 2.58. The summed E-state index contributed by atoms with van der Waals surface area (Å²) in [6.45, 7) is 3.94. The van der Waals surface area contributed by atoms with Crippen molar-refractivity contribution in [2.24, 2.45) is 16.3 Å². The number of nitrogens with zero attached hydrogens (tertiary/aromatic N) is 1. The van der Waals surface area contributed by atoms with Crippen molar-refractivity contribution in [2.45, 2.75) is 57.7 Å². The van der Waals surface area contributed by atoms with E-state index in [4.69, 9.17) is 4.74 Å². The first-order chi connectivity index (χ1) is 11.2. The summed E-state index contributed by atoms with van der Waals surface area (Å²) in [5.41, 5.74) is 0.373. The molecule has 23 heavy (non-hydrogen) atoms. The molecule has 1 aliphatic heterocycles. The van der Waals surface area contributed by atoms with E-state index < -0.39 is 0 Å². The van der Waals surface area contributed by atoms with Crippen LogP contribution in [0.3, 0.4) is 0 Å². The minimum atomic E-state index is 0.373. The van der Waals surface area contributed by atoms with Crippen molar-refractivity contribution in [1.82, 2.24) is 10.6 Å². The van der Waals surface area contributed by atoms with Crippen molar-refractivity contribution in [3.05, 3.63) is 21.9 Å². The minimum Gasteiger partial charge on any atom is -0.377 e. The molecule has 2 N–H and O–H groups in total. The fraction of sp³-hybridized carbons (Fsp3) is 0.722. The number of aliphatic imine (C=N–C) groups is 1. The molecule has 3 aliphatic rings. The lowest BCUT2D eigenvalue weighted by Gasteiger charge is -2.57. The number of aryl methyl sites for hydroxylation is 1. The van der Waals surface area contributed by atoms with Crippen LogP contribution in [0.4, 0.5) is 0 Å². The normalized spacial score (nSPS) is 31.9. The zero-order valence-corrected chi connectivity index (χ0v) is 14.9. The summed E-state index contributed by atoms with van der Waals surface area (Å²) in [5, 5.41) is 7.24. The summed E-state index contributed by atoms with van der Waals surface area (Å²) in [5.74, 6) is 1.62. The maximum Gasteiger partial charge on any atom is 0.191 e. The molecule has 3 unspecified atom stereocenters. The van der Waals surface area contributed by atoms with Gasteiger partial charge in [0.15, 0.2) is 5.96 Å². The Morgan fingerprint density at radius 1 is 1.39 bits per heavy atom. The summed E-state index contributed by atoms with van der Waals surface area (Å²) in [7, 11) is 1.87. The van der Waals surface area contributed by atoms with Crippen molar-refractivity contribution < 1.29 is 4.74 Å². The molecule has 1 aromatic heterocycles. The van der Waals surface area contributed by atoms with E-state index in [1.807, 2.05) is 18.4 Å². The van der Waals surface area contributed by atoms with Gasteiger partial charge in [0.2, 0.25) is 0 Å². The van der Waals surface area contributed by atoms with Gasteiger partial charge in [0, 0.05) is 40.8 Å². The average Bonchev–Trinajstić information content (AvgIpc) is 3.26. The van der Waals surface area contributed by atoms with Crippen molar-refractivity contribution >= 4 is 17.3 Å². The van der Waals surface area contributed by atoms with Gasteiger partial charge in [0.25, 0.3) is 0 Å². The maximum atomic E-state index is 6.07. The topological polar surface area (TPSA) is 45.7 Å². The van der Waals surface area contributed by atoms with Gasteiger partial charge in [0.05, 0.1) is 12.6 Å². The third-order valence-corrected chi connectivity index (χ3v) is 7.03. The number of ether oxygens (including phenoxy) is 1. The molecule has 1 saturated heterocycles. The molecule has 1 aromatic rings. The molecule has 2 heterocycles. The second-order valence-corrected chi connectivity index (χ2v) is 8.62. The van der Waals surface area contributed by atoms with E-state index in [1.165, 1.54) is 41.9 Å². The Bertz CT molecular complexity index is 591. The van der Waals surface area contributed by atoms with E-state index in [2.05, 4.69) is 34.7 Å². The number of rotatable bonds is 3. The largest absolute Gasteiger partial charge is 0.377 e. The van der Waals surface area contributed by atoms with Gasteiger partial charge in [-0.05, 0) is 38.3 Å². The Morgan fingerprint density at radius 2 is 2.22 bits per heavy atom. The third-order valence-electron chi connectivity index (χ3n) is 6.03. The van der Waals surface area contributed by atoms with Crippen LogP contribution in [0.5, 0.6) is 0 Å². The SMILES string of the molecule is CN=C(NCc1ccc(C)s1)NC1C2CCOC2C12CCCC2. The molecule has 3 fully saturated rings. The number of fused-ring (bicyclic) bond motifs is 2. The van der Waals surface area contributed by atoms with Crippen LogP contribution in [0.1, 0.15) is 41.9 Å². The van der Waals surface area contributed by atoms with Gasteiger partial charge >= 0.3 is 0 Å². The Morgan fingerprint density at radius 3 is 2.91 bits per heavy atom. The van der Waals surface area contributed by atoms with Crippen molar-refractivity contribution in [3.63, 3.8) is 0 Å². The van der Waals surface area contributed by atoms with E-state index in [9.17, 15) is 0 Å². The van der Waals surface area contributed by atoms with Crippen LogP contribution in [0, 0.1) is 18.3 Å². The van der Waals surface area contributed by atoms with E-state index in [-0.39, 0.29) is 0 Å². The van der Waals surface area contributed by atoms with Gasteiger partial charge < -0.3 is 15.4 Å². The molecular formula is C18H27N3OS. The second kappa shape index (κ2) is 6.10. The summed E-state index contributed by atoms with van der Waals surface area (Å²) in [6.07, 6.45) is 7.03. The number of nitrogens with one attached hydrogen (secondary N) is 2. The number of hydrogen-bond acceptors (Lipinski definition) is 3. The van der Waals surface area contributed by atoms with Gasteiger partial charge in [0.1, 0.15) is 0 Å². The van der Waals surface area contributed by atoms with Crippen LogP contribution in [0.25, 0.3) is 0 Å². The van der Waals surface area contributed by atoms with Gasteiger partial charge in [-0.2, -0.15) is 0 Å². The quantitative estimate of drug-likeness (QED) is 0.660. The highest BCUT2D eigenvalue weighted by atomic mass is 32.1. The lowest BCUT2D eigenvalue weighted by molar-refractivity contribution is -0.125. The summed E-state index contributed by atoms with van der Waals surface area (Å²) in [4.78, 5) is 7.18. The molecule has 4 rings (SSSR count). The maximum absolute atomic E-state index is 6.07. The Hall–Kier alpha value is -1.07. The summed E-state index contributed by atoms with van der Waals surface area (Å²) >= 11 is 1.85. The van der Waals surface area contributed by atoms with Gasteiger partial charge in [-0.25, -0.2) is 0 Å². The molecule has 0 aromatic carbocycles. The highest BCUT2D eigenvalue weighted by Crippen LogP contribution is 2.60. The molecule has 2 saturated carbocycles. The van der Waals surface area contributed by atoms with Crippen molar-refractivity contribution in [2.75, 3.05) is 13.7 Å². The molecular weight excluding hydrogens is 306 g/mol. The van der Waals surface area contributed by atoms with E-state index in [0.29, 0.717) is 23.5 Å². The van der Waals surface area contributed by atoms with E-state index in [0.717, 1.165) is 19.1 Å². The molecule has 5 heteroatoms. The fourth-order valence-corrected chi connectivity index (χ4v) is 5.83. The van der Waals surface area contributed by atoms with Crippen LogP contribution in [0.15, 0.2) is 17.1 Å². The van der Waals surface area contributed by atoms with Crippen LogP contribution < -0.4 is 10.6 Å². The molecule has 2 aliphatic carbocycles. The standard InChI is InChI=1S/C18H27N3OS/c1-12-5-6-13(23-12)11-20-17(19-2)21-15-14-7-10-22-16(14)18(15)8-3-4-9-18/h5-6,14-16H,3-4,7-11H2,1-2H3,(H2,19,20,21). The molecule has 0 bridgehead atoms. The number of guanidine groups is 1. The fourth-order valence-electron chi connectivity index (χ4n) is 5.00. The van der Waals surface area contributed by atoms with Crippen LogP contribution in [0.2, 0.25) is 0 Å². The summed E-state index contributed by atoms with van der Waals surface area (Å²) < 4.78 is 6.07. The van der Waals surface area contributed by atoms with Gasteiger partial charge in [-0.3, -0.25) is 4.99 Å². The lowest BCUT2D eigenvalue weighted by Crippen LogP contribution is -2.69. The summed E-state index contributed by atoms with van der Waals surface area (Å²) in [6, 6.07) is 4.91. The first-order valence-corrected chi connectivity index (χ1v) is 9.69. The minimum absolute atomic E-state index is 0.373. The zero-order valence-electron chi connectivity index (χ0n) is 14.1. The predicted octanol–water partition coefficient (Wildman–Crippen LogP) is 3.07. The monoisotopic (exact) mass is 333 g/mol. The van der Waals surface area contributed by atoms with Crippen molar-refractivity contribution in [3.8, 4) is 0 Å². The molecule has 0 amide bonds. The molecule has 1 spiro atoms. The van der Waals surface area contributed by atoms with Crippen LogP contribution >= 0.6 is 11.3 Å². The van der Waals surface area contributed by atoms with Crippen molar-refractivity contribution in [1.29, 1.82) is 0 Å². The zero-order chi connectivity index (χ0) is 15.9. The number of thiophene rings is 1. The second-order valence-electron chi connectivity index (χ2n) is 7.24. The molecule has 4 nitrogen and oxygen atoms in total. The van der Waals surface area contributed by atoms with Gasteiger partial charge in [-0.15, -0.1) is 11.3 Å². The Labute approximate surface area is 142 Å². The molecule has 3 atom stereocenters. The Balaban J connectivity index is 1.41. The number of hydrogen-bond donors (Lipinski definition) is 2. The molecule has 0 radical (unpaired) electrons. The first-order valence-electron chi connectivity index (χ1n) is 8.87. The lowest BCUT2D eigenvalue weighted by atomic mass is 9.54. The first kappa shape index (κ1) is 15.5. The average molecular weight is 334 g/mol. The van der Waals surface area contributed by atoms with Crippen LogP contribution in [-0.4, -0.2) is 31.8 Å². The Kier molecular flexibility index (Phi) is 4.10. The predicted molar refractivity (Wildman–Crippen MR) is 94.9 cm³/mol. The van der Waals surface area contributed by atoms with Gasteiger partial charge in [-0.1, -0.05) is 12.8 Å². The highest BCUT2D eigenvalue weighted by Gasteiger charge is 2.65. The van der Waals surface area contributed by atoms with E-state index >= 15 is 0 Å². The van der Waals surface area contributed by atoms with E-state index in [1.54, 1.807) is 0 Å². The molecule has 126 valence electrons.